The molecule has 0 radical (unpaired) electrons. The lowest BCUT2D eigenvalue weighted by molar-refractivity contribution is -0.129. The summed E-state index contributed by atoms with van der Waals surface area (Å²) in [5.41, 5.74) is 0.524. The van der Waals surface area contributed by atoms with Gasteiger partial charge in [-0.1, -0.05) is 11.6 Å². The van der Waals surface area contributed by atoms with E-state index in [1.165, 1.54) is 0 Å². The Morgan fingerprint density at radius 1 is 1.33 bits per heavy atom. The highest BCUT2D eigenvalue weighted by atomic mass is 35.5. The van der Waals surface area contributed by atoms with Gasteiger partial charge in [-0.15, -0.1) is 0 Å². The molecule has 0 aliphatic carbocycles. The van der Waals surface area contributed by atoms with Gasteiger partial charge >= 0.3 is 0 Å². The van der Waals surface area contributed by atoms with Gasteiger partial charge in [0.2, 0.25) is 11.8 Å². The first-order chi connectivity index (χ1) is 11.5. The number of halogens is 1. The SMILES string of the molecule is O=C1CC2(CCN(C(=O)C3=Cc4cc(Cl)ccc4OC3)C2)C(=O)N1. The lowest BCUT2D eigenvalue weighted by Gasteiger charge is -2.23. The van der Waals surface area contributed by atoms with Crippen molar-refractivity contribution in [1.82, 2.24) is 10.2 Å². The summed E-state index contributed by atoms with van der Waals surface area (Å²) in [6, 6.07) is 5.26. The molecule has 1 N–H and O–H groups in total. The first kappa shape index (κ1) is 15.2. The number of imide groups is 1. The Morgan fingerprint density at radius 3 is 2.92 bits per heavy atom. The minimum absolute atomic E-state index is 0.156. The van der Waals surface area contributed by atoms with Crippen LogP contribution in [0.4, 0.5) is 0 Å². The van der Waals surface area contributed by atoms with E-state index >= 15 is 0 Å². The number of carbonyl (C=O) groups excluding carboxylic acids is 3. The summed E-state index contributed by atoms with van der Waals surface area (Å²) in [6.07, 6.45) is 2.44. The van der Waals surface area contributed by atoms with Crippen LogP contribution in [0.2, 0.25) is 5.02 Å². The van der Waals surface area contributed by atoms with Crippen molar-refractivity contribution in [1.29, 1.82) is 0 Å². The minimum Gasteiger partial charge on any atom is -0.488 e. The maximum Gasteiger partial charge on any atom is 0.253 e. The molecule has 0 saturated carbocycles. The summed E-state index contributed by atoms with van der Waals surface area (Å²) in [6.45, 7) is 0.907. The molecule has 3 aliphatic heterocycles. The van der Waals surface area contributed by atoms with Crippen LogP contribution in [-0.4, -0.2) is 42.3 Å². The second kappa shape index (κ2) is 5.34. The number of hydrogen-bond donors (Lipinski definition) is 1. The first-order valence-electron chi connectivity index (χ1n) is 7.73. The molecule has 0 aromatic heterocycles. The lowest BCUT2D eigenvalue weighted by atomic mass is 9.85. The number of ether oxygens (including phenoxy) is 1. The second-order valence-electron chi connectivity index (χ2n) is 6.45. The van der Waals surface area contributed by atoms with Gasteiger partial charge in [0.15, 0.2) is 0 Å². The number of nitrogens with zero attached hydrogens (tertiary/aromatic N) is 1. The molecule has 1 aromatic rings. The zero-order valence-electron chi connectivity index (χ0n) is 12.8. The van der Waals surface area contributed by atoms with Gasteiger partial charge in [0, 0.05) is 30.1 Å². The molecule has 6 nitrogen and oxygen atoms in total. The fraction of sp³-hybridized carbons (Fsp3) is 0.353. The fourth-order valence-electron chi connectivity index (χ4n) is 3.54. The van der Waals surface area contributed by atoms with Gasteiger partial charge in [-0.05, 0) is 30.7 Å². The van der Waals surface area contributed by atoms with Gasteiger partial charge in [-0.25, -0.2) is 0 Å². The molecule has 1 aromatic carbocycles. The Kier molecular flexibility index (Phi) is 3.38. The highest BCUT2D eigenvalue weighted by Crippen LogP contribution is 2.38. The molecule has 2 saturated heterocycles. The van der Waals surface area contributed by atoms with Crippen LogP contribution in [0.15, 0.2) is 23.8 Å². The number of fused-ring (bicyclic) bond motifs is 1. The molecule has 3 aliphatic rings. The summed E-state index contributed by atoms with van der Waals surface area (Å²) in [5.74, 6) is -0.00820. The van der Waals surface area contributed by atoms with Crippen LogP contribution in [0.1, 0.15) is 18.4 Å². The van der Waals surface area contributed by atoms with Gasteiger partial charge in [0.1, 0.15) is 12.4 Å². The number of rotatable bonds is 1. The third-order valence-corrected chi connectivity index (χ3v) is 5.07. The van der Waals surface area contributed by atoms with Crippen LogP contribution in [0, 0.1) is 5.41 Å². The zero-order chi connectivity index (χ0) is 16.9. The van der Waals surface area contributed by atoms with Gasteiger partial charge in [0.25, 0.3) is 5.91 Å². The second-order valence-corrected chi connectivity index (χ2v) is 6.89. The molecule has 4 rings (SSSR count). The monoisotopic (exact) mass is 346 g/mol. The Hall–Kier alpha value is -2.34. The predicted molar refractivity (Wildman–Crippen MR) is 86.3 cm³/mol. The van der Waals surface area contributed by atoms with Crippen molar-refractivity contribution in [3.05, 3.63) is 34.4 Å². The Bertz CT molecular complexity index is 804. The van der Waals surface area contributed by atoms with Crippen molar-refractivity contribution in [3.8, 4) is 5.75 Å². The summed E-state index contributed by atoms with van der Waals surface area (Å²) in [4.78, 5) is 37.9. The average Bonchev–Trinajstić information content (AvgIpc) is 3.10. The van der Waals surface area contributed by atoms with E-state index < -0.39 is 5.41 Å². The molecule has 0 bridgehead atoms. The van der Waals surface area contributed by atoms with Crippen LogP contribution in [-0.2, 0) is 14.4 Å². The smallest absolute Gasteiger partial charge is 0.253 e. The summed E-state index contributed by atoms with van der Waals surface area (Å²) >= 11 is 5.99. The molecule has 3 heterocycles. The van der Waals surface area contributed by atoms with E-state index in [9.17, 15) is 14.4 Å². The molecule has 3 amide bonds. The number of hydrogen-bond acceptors (Lipinski definition) is 4. The standard InChI is InChI=1S/C17H15ClN2O4/c18-12-1-2-13-10(6-12)5-11(8-24-13)15(22)20-4-3-17(9-20)7-14(21)19-16(17)23/h1-2,5-6H,3-4,7-9H2,(H,19,21,23). The van der Waals surface area contributed by atoms with Crippen molar-refractivity contribution >= 4 is 35.4 Å². The molecular weight excluding hydrogens is 332 g/mol. The van der Waals surface area contributed by atoms with E-state index in [0.29, 0.717) is 29.3 Å². The highest BCUT2D eigenvalue weighted by molar-refractivity contribution is 6.30. The van der Waals surface area contributed by atoms with E-state index in [1.54, 1.807) is 29.2 Å². The van der Waals surface area contributed by atoms with Crippen LogP contribution < -0.4 is 10.1 Å². The van der Waals surface area contributed by atoms with Crippen molar-refractivity contribution in [2.45, 2.75) is 12.8 Å². The molecule has 1 spiro atoms. The molecule has 1 unspecified atom stereocenters. The Balaban J connectivity index is 1.55. The molecule has 24 heavy (non-hydrogen) atoms. The van der Waals surface area contributed by atoms with E-state index in [-0.39, 0.29) is 37.3 Å². The number of amides is 3. The number of benzene rings is 1. The number of nitrogens with one attached hydrogen (secondary N) is 1. The van der Waals surface area contributed by atoms with Crippen LogP contribution in [0.5, 0.6) is 5.75 Å². The molecule has 1 atom stereocenters. The molecular formula is C17H15ClN2O4. The quantitative estimate of drug-likeness (QED) is 0.779. The van der Waals surface area contributed by atoms with Crippen LogP contribution in [0.25, 0.3) is 6.08 Å². The summed E-state index contributed by atoms with van der Waals surface area (Å²) < 4.78 is 5.62. The van der Waals surface area contributed by atoms with Gasteiger partial charge in [-0.3, -0.25) is 19.7 Å². The van der Waals surface area contributed by atoms with Gasteiger partial charge < -0.3 is 9.64 Å². The van der Waals surface area contributed by atoms with Gasteiger partial charge in [-0.2, -0.15) is 0 Å². The zero-order valence-corrected chi connectivity index (χ0v) is 13.6. The van der Waals surface area contributed by atoms with E-state index in [0.717, 1.165) is 5.56 Å². The average molecular weight is 347 g/mol. The summed E-state index contributed by atoms with van der Waals surface area (Å²) in [7, 11) is 0. The minimum atomic E-state index is -0.760. The molecule has 7 heteroatoms. The number of carbonyl (C=O) groups is 3. The van der Waals surface area contributed by atoms with Crippen LogP contribution >= 0.6 is 11.6 Å². The van der Waals surface area contributed by atoms with Gasteiger partial charge in [0.05, 0.1) is 11.0 Å². The third kappa shape index (κ3) is 2.38. The maximum absolute atomic E-state index is 12.8. The third-order valence-electron chi connectivity index (χ3n) is 4.83. The van der Waals surface area contributed by atoms with Crippen molar-refractivity contribution in [2.75, 3.05) is 19.7 Å². The Labute approximate surface area is 143 Å². The highest BCUT2D eigenvalue weighted by Gasteiger charge is 2.52. The fourth-order valence-corrected chi connectivity index (χ4v) is 3.72. The van der Waals surface area contributed by atoms with Crippen molar-refractivity contribution < 1.29 is 19.1 Å². The lowest BCUT2D eigenvalue weighted by Crippen LogP contribution is -2.38. The normalized spacial score (nSPS) is 25.4. The van der Waals surface area contributed by atoms with Crippen molar-refractivity contribution in [3.63, 3.8) is 0 Å². The Morgan fingerprint density at radius 2 is 2.17 bits per heavy atom. The van der Waals surface area contributed by atoms with Crippen molar-refractivity contribution in [2.24, 2.45) is 5.41 Å². The molecule has 124 valence electrons. The van der Waals surface area contributed by atoms with Crippen LogP contribution in [0.3, 0.4) is 0 Å². The van der Waals surface area contributed by atoms with E-state index in [4.69, 9.17) is 16.3 Å². The molecule has 2 fully saturated rings. The first-order valence-corrected chi connectivity index (χ1v) is 8.11. The predicted octanol–water partition coefficient (Wildman–Crippen LogP) is 1.38. The van der Waals surface area contributed by atoms with E-state index in [1.807, 2.05) is 0 Å². The number of likely N-dealkylation sites (tertiary alicyclic amines) is 1. The maximum atomic E-state index is 12.8. The van der Waals surface area contributed by atoms with E-state index in [2.05, 4.69) is 5.32 Å². The largest absolute Gasteiger partial charge is 0.488 e. The topological polar surface area (TPSA) is 75.7 Å². The summed E-state index contributed by atoms with van der Waals surface area (Å²) in [5, 5.41) is 2.91.